The first kappa shape index (κ1) is 23.9. The minimum Gasteiger partial charge on any atom is -0.497 e. The van der Waals surface area contributed by atoms with Crippen LogP contribution < -0.4 is 30.0 Å². The van der Waals surface area contributed by atoms with Gasteiger partial charge in [-0.2, -0.15) is 5.26 Å². The minimum absolute atomic E-state index is 0.0186. The van der Waals surface area contributed by atoms with E-state index in [1.54, 1.807) is 56.5 Å². The van der Waals surface area contributed by atoms with Gasteiger partial charge in [-0.1, -0.05) is 24.3 Å². The van der Waals surface area contributed by atoms with E-state index in [4.69, 9.17) is 19.9 Å². The van der Waals surface area contributed by atoms with Crippen LogP contribution >= 0.6 is 11.3 Å². The number of hydrogen-bond donors (Lipinski definition) is 1. The number of benzene rings is 2. The largest absolute Gasteiger partial charge is 0.497 e. The Morgan fingerprint density at radius 3 is 2.51 bits per heavy atom. The lowest BCUT2D eigenvalue weighted by Crippen LogP contribution is -2.40. The van der Waals surface area contributed by atoms with Crippen molar-refractivity contribution in [2.45, 2.75) is 12.8 Å². The molecule has 0 radical (unpaired) electrons. The lowest BCUT2D eigenvalue weighted by molar-refractivity contribution is -0.136. The van der Waals surface area contributed by atoms with Gasteiger partial charge < -0.3 is 19.9 Å². The summed E-state index contributed by atoms with van der Waals surface area (Å²) >= 11 is 1.12. The Kier molecular flexibility index (Phi) is 6.75. The van der Waals surface area contributed by atoms with Crippen LogP contribution in [0.2, 0.25) is 0 Å². The Balaban J connectivity index is 2.07. The molecule has 1 aliphatic heterocycles. The number of carbonyl (C=O) groups excluding carboxylic acids is 1. The zero-order valence-electron chi connectivity index (χ0n) is 19.4. The summed E-state index contributed by atoms with van der Waals surface area (Å²) in [4.78, 5) is 26.6. The number of rotatable bonds is 6. The Bertz CT molecular complexity index is 1560. The molecule has 1 atom stereocenters. The summed E-state index contributed by atoms with van der Waals surface area (Å²) in [5, 5.41) is 10.0. The molecule has 35 heavy (non-hydrogen) atoms. The van der Waals surface area contributed by atoms with Gasteiger partial charge in [-0.15, -0.1) is 11.3 Å². The molecule has 8 nitrogen and oxygen atoms in total. The molecule has 0 saturated heterocycles. The number of thiazole rings is 1. The van der Waals surface area contributed by atoms with Crippen molar-refractivity contribution in [3.63, 3.8) is 0 Å². The van der Waals surface area contributed by atoms with Gasteiger partial charge in [-0.05, 0) is 48.4 Å². The Hall–Kier alpha value is -4.29. The van der Waals surface area contributed by atoms with E-state index < -0.39 is 17.4 Å². The van der Waals surface area contributed by atoms with Gasteiger partial charge in [0.2, 0.25) is 0 Å². The van der Waals surface area contributed by atoms with E-state index in [9.17, 15) is 14.9 Å². The highest BCUT2D eigenvalue weighted by atomic mass is 32.1. The average Bonchev–Trinajstić information content (AvgIpc) is 3.19. The van der Waals surface area contributed by atoms with Gasteiger partial charge in [0.05, 0.1) is 48.5 Å². The molecule has 9 heteroatoms. The standard InChI is InChI=1S/C26H23N3O5S/c1-4-34-26(31)22-21(16-8-6-10-18(13-16)33-3)19(14-27)23(28)29-24(30)20(35-25(22)29)12-15-7-5-9-17(11-15)32-2/h5-13,21H,4,28H2,1-3H3. The molecule has 2 N–H and O–H groups in total. The topological polar surface area (TPSA) is 117 Å². The Labute approximate surface area is 205 Å². The number of esters is 1. The van der Waals surface area contributed by atoms with Crippen LogP contribution in [0.25, 0.3) is 17.5 Å². The molecule has 4 rings (SSSR count). The fourth-order valence-electron chi connectivity index (χ4n) is 3.99. The first-order chi connectivity index (χ1) is 16.9. The molecule has 0 aliphatic carbocycles. The van der Waals surface area contributed by atoms with Gasteiger partial charge in [-0.25, -0.2) is 4.79 Å². The van der Waals surface area contributed by atoms with Gasteiger partial charge in [0.1, 0.15) is 22.0 Å². The molecular formula is C26H23N3O5S. The van der Waals surface area contributed by atoms with Crippen molar-refractivity contribution in [2.75, 3.05) is 20.8 Å². The summed E-state index contributed by atoms with van der Waals surface area (Å²) in [6, 6.07) is 16.4. The molecule has 0 saturated carbocycles. The van der Waals surface area contributed by atoms with Crippen LogP contribution in [0, 0.1) is 11.3 Å². The number of nitriles is 1. The summed E-state index contributed by atoms with van der Waals surface area (Å²) in [7, 11) is 3.09. The van der Waals surface area contributed by atoms with E-state index in [0.29, 0.717) is 26.3 Å². The second-order valence-electron chi connectivity index (χ2n) is 7.59. The zero-order chi connectivity index (χ0) is 25.1. The molecule has 1 aromatic heterocycles. The average molecular weight is 490 g/mol. The summed E-state index contributed by atoms with van der Waals surface area (Å²) in [5.41, 5.74) is 7.59. The zero-order valence-corrected chi connectivity index (χ0v) is 20.2. The lowest BCUT2D eigenvalue weighted by atomic mass is 9.84. The van der Waals surface area contributed by atoms with E-state index in [0.717, 1.165) is 16.9 Å². The molecule has 178 valence electrons. The molecule has 1 unspecified atom stereocenters. The quantitative estimate of drug-likeness (QED) is 0.526. The second kappa shape index (κ2) is 9.91. The monoisotopic (exact) mass is 489 g/mol. The summed E-state index contributed by atoms with van der Waals surface area (Å²) in [5.74, 6) is -0.263. The van der Waals surface area contributed by atoms with Crippen molar-refractivity contribution in [1.82, 2.24) is 4.57 Å². The third-order valence-corrected chi connectivity index (χ3v) is 6.69. The van der Waals surface area contributed by atoms with Crippen molar-refractivity contribution < 1.29 is 19.0 Å². The fraction of sp³-hybridized carbons (Fsp3) is 0.192. The van der Waals surface area contributed by atoms with Gasteiger partial charge in [-0.3, -0.25) is 9.36 Å². The maximum absolute atomic E-state index is 13.4. The number of allylic oxidation sites excluding steroid dienone is 1. The van der Waals surface area contributed by atoms with Gasteiger partial charge >= 0.3 is 5.97 Å². The van der Waals surface area contributed by atoms with Crippen molar-refractivity contribution in [3.8, 4) is 17.6 Å². The van der Waals surface area contributed by atoms with Crippen molar-refractivity contribution >= 4 is 34.8 Å². The highest BCUT2D eigenvalue weighted by Crippen LogP contribution is 2.37. The molecule has 0 bridgehead atoms. The summed E-state index contributed by atoms with van der Waals surface area (Å²) < 4.78 is 17.9. The van der Waals surface area contributed by atoms with Crippen LogP contribution in [-0.2, 0) is 9.53 Å². The van der Waals surface area contributed by atoms with Crippen LogP contribution in [0.15, 0.2) is 58.9 Å². The predicted octanol–water partition coefficient (Wildman–Crippen LogP) is 1.92. The SMILES string of the molecule is CCOC(=O)C1=c2sc(=Cc3cccc(OC)c3)c(=O)n2C(N)=C(C#N)C1c1cccc(OC)c1. The molecule has 0 amide bonds. The number of fused-ring (bicyclic) bond motifs is 1. The summed E-state index contributed by atoms with van der Waals surface area (Å²) in [6.07, 6.45) is 1.70. The van der Waals surface area contributed by atoms with E-state index >= 15 is 0 Å². The highest BCUT2D eigenvalue weighted by molar-refractivity contribution is 7.07. The van der Waals surface area contributed by atoms with E-state index in [2.05, 4.69) is 6.07 Å². The highest BCUT2D eigenvalue weighted by Gasteiger charge is 2.36. The molecule has 2 heterocycles. The maximum atomic E-state index is 13.4. The number of hydrogen-bond acceptors (Lipinski definition) is 8. The predicted molar refractivity (Wildman–Crippen MR) is 133 cm³/mol. The third kappa shape index (κ3) is 4.32. The molecule has 3 aromatic rings. The van der Waals surface area contributed by atoms with Crippen LogP contribution in [0.5, 0.6) is 11.5 Å². The smallest absolute Gasteiger partial charge is 0.338 e. The molecule has 2 aromatic carbocycles. The van der Waals surface area contributed by atoms with Gasteiger partial charge in [0.15, 0.2) is 0 Å². The molecule has 0 spiro atoms. The Morgan fingerprint density at radius 2 is 1.86 bits per heavy atom. The van der Waals surface area contributed by atoms with E-state index in [1.165, 1.54) is 11.7 Å². The minimum atomic E-state index is -0.822. The van der Waals surface area contributed by atoms with E-state index in [1.807, 2.05) is 12.1 Å². The number of nitrogens with two attached hydrogens (primary N) is 1. The summed E-state index contributed by atoms with van der Waals surface area (Å²) in [6.45, 7) is 1.83. The van der Waals surface area contributed by atoms with Crippen molar-refractivity contribution in [2.24, 2.45) is 5.73 Å². The molecule has 1 aliphatic rings. The van der Waals surface area contributed by atoms with Crippen LogP contribution in [0.4, 0.5) is 0 Å². The van der Waals surface area contributed by atoms with Crippen LogP contribution in [0.1, 0.15) is 24.0 Å². The van der Waals surface area contributed by atoms with E-state index in [-0.39, 0.29) is 23.6 Å². The lowest BCUT2D eigenvalue weighted by Gasteiger charge is -2.25. The maximum Gasteiger partial charge on any atom is 0.338 e. The first-order valence-corrected chi connectivity index (χ1v) is 11.6. The van der Waals surface area contributed by atoms with Gasteiger partial charge in [0.25, 0.3) is 5.56 Å². The molecular weight excluding hydrogens is 466 g/mol. The number of carbonyl (C=O) groups is 1. The van der Waals surface area contributed by atoms with Crippen molar-refractivity contribution in [1.29, 1.82) is 5.26 Å². The van der Waals surface area contributed by atoms with Crippen molar-refractivity contribution in [3.05, 3.63) is 84.8 Å². The number of nitrogens with zero attached hydrogens (tertiary/aromatic N) is 2. The third-order valence-electron chi connectivity index (χ3n) is 5.58. The van der Waals surface area contributed by atoms with Crippen LogP contribution in [0.3, 0.4) is 0 Å². The first-order valence-electron chi connectivity index (χ1n) is 10.8. The second-order valence-corrected chi connectivity index (χ2v) is 8.62. The van der Waals surface area contributed by atoms with Gasteiger partial charge in [0, 0.05) is 0 Å². The molecule has 0 fully saturated rings. The van der Waals surface area contributed by atoms with Crippen LogP contribution in [-0.4, -0.2) is 31.4 Å². The number of ether oxygens (including phenoxy) is 3. The number of methoxy groups -OCH3 is 2. The normalized spacial score (nSPS) is 15.4. The fourth-order valence-corrected chi connectivity index (χ4v) is 5.16. The number of aromatic nitrogens is 1. The Morgan fingerprint density at radius 1 is 1.17 bits per heavy atom.